The van der Waals surface area contributed by atoms with Gasteiger partial charge in [0.05, 0.1) is 0 Å². The first-order chi connectivity index (χ1) is 16.1. The molecule has 0 aliphatic heterocycles. The smallest absolute Gasteiger partial charge is 0.262 e. The van der Waals surface area contributed by atoms with Gasteiger partial charge >= 0.3 is 0 Å². The minimum Gasteiger partial charge on any atom is -0.483 e. The van der Waals surface area contributed by atoms with E-state index in [0.717, 1.165) is 10.8 Å². The average molecular weight is 436 g/mol. The Kier molecular flexibility index (Phi) is 6.90. The third-order valence-electron chi connectivity index (χ3n) is 4.81. The quantitative estimate of drug-likeness (QED) is 0.414. The van der Waals surface area contributed by atoms with Gasteiger partial charge in [-0.1, -0.05) is 60.1 Å². The third-order valence-corrected chi connectivity index (χ3v) is 4.81. The van der Waals surface area contributed by atoms with Crippen molar-refractivity contribution in [2.45, 2.75) is 0 Å². The van der Waals surface area contributed by atoms with Gasteiger partial charge in [-0.2, -0.15) is 0 Å². The Morgan fingerprint density at radius 1 is 0.606 bits per heavy atom. The molecule has 4 rings (SSSR count). The van der Waals surface area contributed by atoms with Crippen molar-refractivity contribution in [3.63, 3.8) is 0 Å². The van der Waals surface area contributed by atoms with Gasteiger partial charge in [0.2, 0.25) is 0 Å². The zero-order valence-electron chi connectivity index (χ0n) is 17.8. The van der Waals surface area contributed by atoms with E-state index in [1.54, 1.807) is 36.4 Å². The number of nitrogens with one attached hydrogen (secondary N) is 2. The Balaban J connectivity index is 1.40. The number of ether oxygens (including phenoxy) is 2. The molecule has 0 saturated heterocycles. The Morgan fingerprint density at radius 3 is 1.61 bits per heavy atom. The highest BCUT2D eigenvalue weighted by Crippen LogP contribution is 2.32. The van der Waals surface area contributed by atoms with Gasteiger partial charge in [-0.15, -0.1) is 0 Å². The fourth-order valence-corrected chi connectivity index (χ4v) is 3.27. The molecule has 2 N–H and O–H groups in total. The summed E-state index contributed by atoms with van der Waals surface area (Å²) < 4.78 is 11.5. The van der Waals surface area contributed by atoms with Crippen molar-refractivity contribution in [1.82, 2.24) is 0 Å². The molecule has 0 heterocycles. The van der Waals surface area contributed by atoms with Crippen LogP contribution in [0, 0.1) is 0 Å². The van der Waals surface area contributed by atoms with Crippen LogP contribution in [-0.2, 0) is 9.59 Å². The van der Waals surface area contributed by atoms with Gasteiger partial charge in [0.25, 0.3) is 11.8 Å². The molecule has 7 heteroatoms. The zero-order chi connectivity index (χ0) is 23.0. The zero-order valence-corrected chi connectivity index (χ0v) is 17.8. The molecule has 0 saturated carbocycles. The molecule has 0 aliphatic rings. The molecule has 2 amide bonds. The van der Waals surface area contributed by atoms with Crippen molar-refractivity contribution < 1.29 is 19.1 Å². The minimum atomic E-state index is -0.290. The van der Waals surface area contributed by atoms with Gasteiger partial charge in [-0.25, -0.2) is 0 Å². The third kappa shape index (κ3) is 5.92. The summed E-state index contributed by atoms with van der Waals surface area (Å²) in [7, 11) is 5.66. The van der Waals surface area contributed by atoms with E-state index in [9.17, 15) is 9.59 Å². The standard InChI is InChI=1S/C26H21BN2O4/c27-18-12-14-20(15-13-18)29-26(31)17-33-24-11-5-8-21-22(24)9-4-10-23(21)32-16-25(30)28-19-6-2-1-3-7-19/h1-15H,16-17H2,(H,28,30)(H,29,31). The number of para-hydroxylation sites is 1. The number of benzene rings is 4. The molecule has 0 aromatic heterocycles. The Morgan fingerprint density at radius 2 is 1.09 bits per heavy atom. The Bertz CT molecular complexity index is 1260. The van der Waals surface area contributed by atoms with Crippen LogP contribution in [0.3, 0.4) is 0 Å². The molecule has 33 heavy (non-hydrogen) atoms. The highest BCUT2D eigenvalue weighted by atomic mass is 16.5. The molecule has 0 unspecified atom stereocenters. The molecular weight excluding hydrogens is 415 g/mol. The highest BCUT2D eigenvalue weighted by molar-refractivity contribution is 6.32. The van der Waals surface area contributed by atoms with Crippen LogP contribution in [0.4, 0.5) is 11.4 Å². The number of anilines is 2. The number of carbonyl (C=O) groups is 2. The van der Waals surface area contributed by atoms with Gasteiger partial charge in [0.15, 0.2) is 13.2 Å². The van der Waals surface area contributed by atoms with Crippen molar-refractivity contribution >= 4 is 47.3 Å². The Hall–Kier alpha value is -4.26. The number of rotatable bonds is 8. The normalized spacial score (nSPS) is 10.4. The van der Waals surface area contributed by atoms with Crippen LogP contribution in [0.2, 0.25) is 0 Å². The van der Waals surface area contributed by atoms with Crippen molar-refractivity contribution in [2.24, 2.45) is 0 Å². The summed E-state index contributed by atoms with van der Waals surface area (Å²) in [5.41, 5.74) is 1.97. The van der Waals surface area contributed by atoms with E-state index in [4.69, 9.17) is 17.3 Å². The molecule has 0 fully saturated rings. The molecule has 4 aromatic carbocycles. The topological polar surface area (TPSA) is 76.7 Å². The van der Waals surface area contributed by atoms with E-state index in [-0.39, 0.29) is 25.0 Å². The molecule has 6 nitrogen and oxygen atoms in total. The lowest BCUT2D eigenvalue weighted by molar-refractivity contribution is -0.118. The van der Waals surface area contributed by atoms with Crippen molar-refractivity contribution in [3.05, 3.63) is 91.0 Å². The van der Waals surface area contributed by atoms with E-state index < -0.39 is 0 Å². The highest BCUT2D eigenvalue weighted by Gasteiger charge is 2.11. The lowest BCUT2D eigenvalue weighted by Crippen LogP contribution is -2.20. The molecule has 4 aromatic rings. The summed E-state index contributed by atoms with van der Waals surface area (Å²) in [4.78, 5) is 24.5. The minimum absolute atomic E-state index is 0.136. The number of carbonyl (C=O) groups excluding carboxylic acids is 2. The van der Waals surface area contributed by atoms with Crippen LogP contribution in [0.15, 0.2) is 91.0 Å². The lowest BCUT2D eigenvalue weighted by atomic mass is 9.96. The van der Waals surface area contributed by atoms with E-state index in [1.165, 1.54) is 0 Å². The average Bonchev–Trinajstić information content (AvgIpc) is 2.83. The van der Waals surface area contributed by atoms with Crippen LogP contribution in [-0.4, -0.2) is 32.9 Å². The Labute approximate surface area is 192 Å². The van der Waals surface area contributed by atoms with E-state index in [0.29, 0.717) is 28.3 Å². The van der Waals surface area contributed by atoms with Gasteiger partial charge in [-0.05, 0) is 36.4 Å². The van der Waals surface area contributed by atoms with Gasteiger partial charge in [-0.3, -0.25) is 9.59 Å². The number of fused-ring (bicyclic) bond motifs is 1. The van der Waals surface area contributed by atoms with Gasteiger partial charge < -0.3 is 20.1 Å². The summed E-state index contributed by atoms with van der Waals surface area (Å²) >= 11 is 0. The first kappa shape index (κ1) is 22.0. The second kappa shape index (κ2) is 10.4. The largest absolute Gasteiger partial charge is 0.483 e. The molecule has 0 spiro atoms. The van der Waals surface area contributed by atoms with Crippen molar-refractivity contribution in [1.29, 1.82) is 0 Å². The van der Waals surface area contributed by atoms with Crippen LogP contribution in [0.25, 0.3) is 10.8 Å². The molecule has 0 atom stereocenters. The van der Waals surface area contributed by atoms with Crippen LogP contribution >= 0.6 is 0 Å². The molecular formula is C26H21BN2O4. The molecule has 0 aliphatic carbocycles. The fourth-order valence-electron chi connectivity index (χ4n) is 3.27. The van der Waals surface area contributed by atoms with Crippen LogP contribution < -0.4 is 25.6 Å². The van der Waals surface area contributed by atoms with E-state index in [2.05, 4.69) is 10.6 Å². The van der Waals surface area contributed by atoms with Gasteiger partial charge in [0.1, 0.15) is 19.3 Å². The lowest BCUT2D eigenvalue weighted by Gasteiger charge is -2.13. The van der Waals surface area contributed by atoms with Crippen LogP contribution in [0.5, 0.6) is 11.5 Å². The first-order valence-electron chi connectivity index (χ1n) is 10.4. The van der Waals surface area contributed by atoms with E-state index >= 15 is 0 Å². The van der Waals surface area contributed by atoms with Crippen molar-refractivity contribution in [2.75, 3.05) is 23.8 Å². The maximum absolute atomic E-state index is 12.3. The predicted molar refractivity (Wildman–Crippen MR) is 130 cm³/mol. The first-order valence-corrected chi connectivity index (χ1v) is 10.4. The summed E-state index contributed by atoms with van der Waals surface area (Å²) in [5, 5.41) is 7.11. The van der Waals surface area contributed by atoms with Crippen molar-refractivity contribution in [3.8, 4) is 11.5 Å². The number of hydrogen-bond donors (Lipinski definition) is 2. The maximum atomic E-state index is 12.3. The number of amides is 2. The maximum Gasteiger partial charge on any atom is 0.262 e. The number of hydrogen-bond acceptors (Lipinski definition) is 4. The van der Waals surface area contributed by atoms with Gasteiger partial charge in [0, 0.05) is 22.1 Å². The summed E-state index contributed by atoms with van der Waals surface area (Å²) in [5.74, 6) is 0.540. The molecule has 0 bridgehead atoms. The fraction of sp³-hybridized carbons (Fsp3) is 0.0769. The van der Waals surface area contributed by atoms with E-state index in [1.807, 2.05) is 54.6 Å². The monoisotopic (exact) mass is 436 g/mol. The second-order valence-corrected chi connectivity index (χ2v) is 7.27. The summed E-state index contributed by atoms with van der Waals surface area (Å²) in [6.07, 6.45) is 0. The second-order valence-electron chi connectivity index (χ2n) is 7.27. The predicted octanol–water partition coefficient (Wildman–Crippen LogP) is 3.67. The SMILES string of the molecule is [B]c1ccc(NC(=O)COc2cccc3c(OCC(=O)Nc4ccccc4)cccc23)cc1. The molecule has 2 radical (unpaired) electrons. The molecule has 162 valence electrons. The summed E-state index contributed by atoms with van der Waals surface area (Å²) in [6.45, 7) is -0.294. The summed E-state index contributed by atoms with van der Waals surface area (Å²) in [6, 6.07) is 27.0. The van der Waals surface area contributed by atoms with Crippen LogP contribution in [0.1, 0.15) is 0 Å².